The SMILES string of the molecule is Nc1ccc2nc(NCC(O)c3ccsc3)[nH]c(=O)c2c1. The molecule has 1 atom stereocenters. The lowest BCUT2D eigenvalue weighted by Crippen LogP contribution is -2.17. The molecule has 0 aliphatic rings. The molecule has 1 unspecified atom stereocenters. The Bertz CT molecular complexity index is 813. The Morgan fingerprint density at radius 1 is 1.43 bits per heavy atom. The summed E-state index contributed by atoms with van der Waals surface area (Å²) in [5, 5.41) is 17.2. The number of nitrogen functional groups attached to an aromatic ring is 1. The highest BCUT2D eigenvalue weighted by molar-refractivity contribution is 7.07. The second kappa shape index (κ2) is 5.55. The third-order valence-electron chi connectivity index (χ3n) is 3.12. The van der Waals surface area contributed by atoms with Crippen molar-refractivity contribution in [3.8, 4) is 0 Å². The van der Waals surface area contributed by atoms with Gasteiger partial charge in [0.15, 0.2) is 0 Å². The molecule has 3 rings (SSSR count). The highest BCUT2D eigenvalue weighted by Crippen LogP contribution is 2.17. The average Bonchev–Trinajstić information content (AvgIpc) is 3.00. The molecule has 7 heteroatoms. The number of aliphatic hydroxyl groups excluding tert-OH is 1. The largest absolute Gasteiger partial charge is 0.399 e. The summed E-state index contributed by atoms with van der Waals surface area (Å²) in [6, 6.07) is 6.83. The Morgan fingerprint density at radius 3 is 3.05 bits per heavy atom. The van der Waals surface area contributed by atoms with Gasteiger partial charge in [-0.3, -0.25) is 9.78 Å². The van der Waals surface area contributed by atoms with E-state index in [9.17, 15) is 9.90 Å². The summed E-state index contributed by atoms with van der Waals surface area (Å²) in [6.07, 6.45) is -0.649. The van der Waals surface area contributed by atoms with Crippen LogP contribution in [0.5, 0.6) is 0 Å². The molecule has 0 amide bonds. The number of nitrogens with two attached hydrogens (primary N) is 1. The van der Waals surface area contributed by atoms with E-state index in [1.54, 1.807) is 18.2 Å². The van der Waals surface area contributed by atoms with Gasteiger partial charge >= 0.3 is 0 Å². The summed E-state index contributed by atoms with van der Waals surface area (Å²) in [5.41, 5.74) is 7.30. The number of H-pyrrole nitrogens is 1. The maximum absolute atomic E-state index is 12.0. The molecule has 0 aliphatic carbocycles. The number of anilines is 2. The van der Waals surface area contributed by atoms with Crippen molar-refractivity contribution in [2.45, 2.75) is 6.10 Å². The van der Waals surface area contributed by atoms with Crippen molar-refractivity contribution in [2.24, 2.45) is 0 Å². The lowest BCUT2D eigenvalue weighted by molar-refractivity contribution is 0.192. The molecular formula is C14H14N4O2S. The Labute approximate surface area is 124 Å². The monoisotopic (exact) mass is 302 g/mol. The highest BCUT2D eigenvalue weighted by atomic mass is 32.1. The van der Waals surface area contributed by atoms with Crippen molar-refractivity contribution in [3.05, 3.63) is 50.9 Å². The van der Waals surface area contributed by atoms with E-state index >= 15 is 0 Å². The molecule has 3 aromatic rings. The van der Waals surface area contributed by atoms with Crippen LogP contribution < -0.4 is 16.6 Å². The third kappa shape index (κ3) is 2.88. The summed E-state index contributed by atoms with van der Waals surface area (Å²) in [7, 11) is 0. The number of benzene rings is 1. The molecule has 6 nitrogen and oxygen atoms in total. The van der Waals surface area contributed by atoms with Gasteiger partial charge in [0.25, 0.3) is 5.56 Å². The number of aromatic nitrogens is 2. The van der Waals surface area contributed by atoms with Crippen LogP contribution in [0.3, 0.4) is 0 Å². The van der Waals surface area contributed by atoms with Crippen molar-refractivity contribution in [3.63, 3.8) is 0 Å². The third-order valence-corrected chi connectivity index (χ3v) is 3.82. The fourth-order valence-corrected chi connectivity index (χ4v) is 2.72. The van der Waals surface area contributed by atoms with E-state index in [0.717, 1.165) is 5.56 Å². The van der Waals surface area contributed by atoms with E-state index < -0.39 is 6.10 Å². The minimum Gasteiger partial charge on any atom is -0.399 e. The van der Waals surface area contributed by atoms with E-state index in [0.29, 0.717) is 22.5 Å². The van der Waals surface area contributed by atoms with Crippen LogP contribution in [-0.2, 0) is 0 Å². The Balaban J connectivity index is 1.82. The van der Waals surface area contributed by atoms with Crippen molar-refractivity contribution < 1.29 is 5.11 Å². The van der Waals surface area contributed by atoms with E-state index in [1.807, 2.05) is 16.8 Å². The van der Waals surface area contributed by atoms with E-state index in [1.165, 1.54) is 11.3 Å². The van der Waals surface area contributed by atoms with Gasteiger partial charge in [-0.2, -0.15) is 11.3 Å². The van der Waals surface area contributed by atoms with Crippen molar-refractivity contribution in [1.29, 1.82) is 0 Å². The number of fused-ring (bicyclic) bond motifs is 1. The average molecular weight is 302 g/mol. The van der Waals surface area contributed by atoms with Gasteiger partial charge in [0, 0.05) is 12.2 Å². The van der Waals surface area contributed by atoms with Crippen LogP contribution in [0.4, 0.5) is 11.6 Å². The molecule has 1 aromatic carbocycles. The van der Waals surface area contributed by atoms with Gasteiger partial charge < -0.3 is 16.2 Å². The van der Waals surface area contributed by atoms with E-state index in [4.69, 9.17) is 5.73 Å². The van der Waals surface area contributed by atoms with Crippen LogP contribution >= 0.6 is 11.3 Å². The van der Waals surface area contributed by atoms with Gasteiger partial charge in [0.05, 0.1) is 17.0 Å². The standard InChI is InChI=1S/C14H14N4O2S/c15-9-1-2-11-10(5-9)13(20)18-14(17-11)16-6-12(19)8-3-4-21-7-8/h1-5,7,12,19H,6,15H2,(H2,16,17,18,20). The van der Waals surface area contributed by atoms with E-state index in [2.05, 4.69) is 15.3 Å². The molecule has 108 valence electrons. The highest BCUT2D eigenvalue weighted by Gasteiger charge is 2.09. The Morgan fingerprint density at radius 2 is 2.29 bits per heavy atom. The topological polar surface area (TPSA) is 104 Å². The number of aliphatic hydroxyl groups is 1. The number of hydrogen-bond acceptors (Lipinski definition) is 6. The first kappa shape index (κ1) is 13.6. The summed E-state index contributed by atoms with van der Waals surface area (Å²) < 4.78 is 0. The second-order valence-electron chi connectivity index (χ2n) is 4.64. The van der Waals surface area contributed by atoms with Gasteiger partial charge in [-0.25, -0.2) is 4.98 Å². The Hall–Kier alpha value is -2.38. The number of rotatable bonds is 4. The quantitative estimate of drug-likeness (QED) is 0.549. The summed E-state index contributed by atoms with van der Waals surface area (Å²) in [6.45, 7) is 0.264. The molecule has 0 saturated carbocycles. The van der Waals surface area contributed by atoms with Crippen molar-refractivity contribution in [2.75, 3.05) is 17.6 Å². The van der Waals surface area contributed by atoms with Crippen LogP contribution in [-0.4, -0.2) is 21.6 Å². The second-order valence-corrected chi connectivity index (χ2v) is 5.42. The molecule has 0 aliphatic heterocycles. The summed E-state index contributed by atoms with van der Waals surface area (Å²) in [4.78, 5) is 18.9. The fraction of sp³-hybridized carbons (Fsp3) is 0.143. The van der Waals surface area contributed by atoms with Crippen LogP contribution in [0.15, 0.2) is 39.8 Å². The summed E-state index contributed by atoms with van der Waals surface area (Å²) in [5.74, 6) is 0.326. The summed E-state index contributed by atoms with van der Waals surface area (Å²) >= 11 is 1.52. The van der Waals surface area contributed by atoms with E-state index in [-0.39, 0.29) is 12.1 Å². The maximum Gasteiger partial charge on any atom is 0.260 e. The van der Waals surface area contributed by atoms with Gasteiger partial charge in [-0.1, -0.05) is 0 Å². The van der Waals surface area contributed by atoms with Crippen molar-refractivity contribution in [1.82, 2.24) is 9.97 Å². The van der Waals surface area contributed by atoms with Gasteiger partial charge in [0.2, 0.25) is 5.95 Å². The normalized spacial score (nSPS) is 12.4. The lowest BCUT2D eigenvalue weighted by atomic mass is 10.2. The molecule has 0 spiro atoms. The van der Waals surface area contributed by atoms with Gasteiger partial charge in [0.1, 0.15) is 0 Å². The first-order valence-electron chi connectivity index (χ1n) is 6.37. The Kier molecular flexibility index (Phi) is 3.59. The zero-order valence-electron chi connectivity index (χ0n) is 11.0. The molecule has 0 radical (unpaired) electrons. The molecule has 0 bridgehead atoms. The van der Waals surface area contributed by atoms with Crippen LogP contribution in [0.25, 0.3) is 10.9 Å². The zero-order valence-corrected chi connectivity index (χ0v) is 11.9. The minimum atomic E-state index is -0.649. The molecule has 0 fully saturated rings. The first-order chi connectivity index (χ1) is 10.1. The van der Waals surface area contributed by atoms with Crippen LogP contribution in [0.2, 0.25) is 0 Å². The predicted molar refractivity (Wildman–Crippen MR) is 84.5 cm³/mol. The molecule has 5 N–H and O–H groups in total. The zero-order chi connectivity index (χ0) is 14.8. The number of hydrogen-bond donors (Lipinski definition) is 4. The van der Waals surface area contributed by atoms with Gasteiger partial charge in [-0.05, 0) is 40.6 Å². The number of nitrogens with one attached hydrogen (secondary N) is 2. The smallest absolute Gasteiger partial charge is 0.260 e. The molecule has 2 heterocycles. The maximum atomic E-state index is 12.0. The fourth-order valence-electron chi connectivity index (χ4n) is 2.02. The minimum absolute atomic E-state index is 0.264. The molecule has 2 aromatic heterocycles. The first-order valence-corrected chi connectivity index (χ1v) is 7.31. The number of aromatic amines is 1. The molecule has 21 heavy (non-hydrogen) atoms. The predicted octanol–water partition coefficient (Wildman–Crippen LogP) is 1.71. The van der Waals surface area contributed by atoms with Gasteiger partial charge in [-0.15, -0.1) is 0 Å². The molecule has 0 saturated heterocycles. The number of thiophene rings is 1. The van der Waals surface area contributed by atoms with Crippen LogP contribution in [0, 0.1) is 0 Å². The van der Waals surface area contributed by atoms with Crippen LogP contribution in [0.1, 0.15) is 11.7 Å². The lowest BCUT2D eigenvalue weighted by Gasteiger charge is -2.11. The molecular weight excluding hydrogens is 288 g/mol. The number of nitrogens with zero attached hydrogens (tertiary/aromatic N) is 1. The van der Waals surface area contributed by atoms with Crippen molar-refractivity contribution >= 4 is 33.9 Å².